The number of hydrogen-bond acceptors (Lipinski definition) is 3. The van der Waals surface area contributed by atoms with Gasteiger partial charge in [-0.3, -0.25) is 0 Å². The van der Waals surface area contributed by atoms with E-state index in [1.54, 1.807) is 0 Å². The van der Waals surface area contributed by atoms with Crippen molar-refractivity contribution >= 4 is 0 Å². The van der Waals surface area contributed by atoms with Crippen molar-refractivity contribution in [2.75, 3.05) is 0 Å². The van der Waals surface area contributed by atoms with E-state index in [1.165, 1.54) is 0 Å². The standard InChI is InChI=1S/C16H19NO2/c1-3-14-9-15(10-18)16(17-12(14)2)19-11-13-7-5-4-6-8-13/h4-9,18H,3,10-11H2,1-2H3. The average Bonchev–Trinajstić information content (AvgIpc) is 2.46. The first-order valence-electron chi connectivity index (χ1n) is 6.51. The van der Waals surface area contributed by atoms with Crippen molar-refractivity contribution in [2.24, 2.45) is 0 Å². The number of aliphatic hydroxyl groups is 1. The molecule has 0 saturated carbocycles. The number of aryl methyl sites for hydroxylation is 2. The Morgan fingerprint density at radius 1 is 1.16 bits per heavy atom. The second-order valence-electron chi connectivity index (χ2n) is 4.48. The first-order valence-corrected chi connectivity index (χ1v) is 6.51. The zero-order valence-corrected chi connectivity index (χ0v) is 11.4. The molecule has 3 heteroatoms. The van der Waals surface area contributed by atoms with E-state index in [0.717, 1.165) is 28.8 Å². The fourth-order valence-electron chi connectivity index (χ4n) is 1.99. The normalized spacial score (nSPS) is 10.5. The van der Waals surface area contributed by atoms with E-state index in [-0.39, 0.29) is 6.61 Å². The van der Waals surface area contributed by atoms with Crippen LogP contribution in [0.15, 0.2) is 36.4 Å². The summed E-state index contributed by atoms with van der Waals surface area (Å²) in [4.78, 5) is 4.45. The van der Waals surface area contributed by atoms with Gasteiger partial charge in [-0.25, -0.2) is 4.98 Å². The highest BCUT2D eigenvalue weighted by Gasteiger charge is 2.09. The van der Waals surface area contributed by atoms with Gasteiger partial charge in [-0.05, 0) is 30.5 Å². The van der Waals surface area contributed by atoms with E-state index >= 15 is 0 Å². The van der Waals surface area contributed by atoms with Crippen LogP contribution in [0.1, 0.15) is 29.3 Å². The fourth-order valence-corrected chi connectivity index (χ4v) is 1.99. The molecule has 0 aliphatic carbocycles. The third-order valence-corrected chi connectivity index (χ3v) is 3.13. The van der Waals surface area contributed by atoms with Crippen LogP contribution in [-0.2, 0) is 19.6 Å². The molecule has 0 spiro atoms. The van der Waals surface area contributed by atoms with Crippen molar-refractivity contribution in [1.29, 1.82) is 0 Å². The van der Waals surface area contributed by atoms with Gasteiger partial charge in [0.25, 0.3) is 0 Å². The van der Waals surface area contributed by atoms with Gasteiger partial charge in [-0.15, -0.1) is 0 Å². The third-order valence-electron chi connectivity index (χ3n) is 3.13. The molecule has 0 unspecified atom stereocenters. The highest BCUT2D eigenvalue weighted by atomic mass is 16.5. The molecule has 2 rings (SSSR count). The Kier molecular flexibility index (Phi) is 4.53. The number of benzene rings is 1. The molecule has 0 atom stereocenters. The van der Waals surface area contributed by atoms with Gasteiger partial charge in [0.05, 0.1) is 6.61 Å². The molecule has 1 N–H and O–H groups in total. The molecule has 19 heavy (non-hydrogen) atoms. The number of hydrogen-bond donors (Lipinski definition) is 1. The van der Waals surface area contributed by atoms with E-state index < -0.39 is 0 Å². The van der Waals surface area contributed by atoms with Gasteiger partial charge < -0.3 is 9.84 Å². The molecule has 0 fully saturated rings. The lowest BCUT2D eigenvalue weighted by atomic mass is 10.1. The summed E-state index contributed by atoms with van der Waals surface area (Å²) in [7, 11) is 0. The van der Waals surface area contributed by atoms with E-state index in [0.29, 0.717) is 12.5 Å². The Labute approximate surface area is 113 Å². The maximum atomic E-state index is 9.41. The predicted octanol–water partition coefficient (Wildman–Crippen LogP) is 3.02. The number of nitrogens with zero attached hydrogens (tertiary/aromatic N) is 1. The Morgan fingerprint density at radius 3 is 2.53 bits per heavy atom. The van der Waals surface area contributed by atoms with Crippen LogP contribution >= 0.6 is 0 Å². The molecule has 0 aliphatic heterocycles. The summed E-state index contributed by atoms with van der Waals surface area (Å²) in [5, 5.41) is 9.41. The van der Waals surface area contributed by atoms with Crippen molar-refractivity contribution in [2.45, 2.75) is 33.5 Å². The van der Waals surface area contributed by atoms with Crippen molar-refractivity contribution in [3.8, 4) is 5.88 Å². The molecule has 1 aromatic carbocycles. The molecule has 0 radical (unpaired) electrons. The van der Waals surface area contributed by atoms with E-state index in [9.17, 15) is 5.11 Å². The lowest BCUT2D eigenvalue weighted by Gasteiger charge is -2.12. The molecule has 1 heterocycles. The second kappa shape index (κ2) is 6.34. The van der Waals surface area contributed by atoms with Crippen LogP contribution in [0, 0.1) is 6.92 Å². The van der Waals surface area contributed by atoms with Crippen molar-refractivity contribution in [1.82, 2.24) is 4.98 Å². The average molecular weight is 257 g/mol. The maximum absolute atomic E-state index is 9.41. The SMILES string of the molecule is CCc1cc(CO)c(OCc2ccccc2)nc1C. The molecule has 0 saturated heterocycles. The van der Waals surface area contributed by atoms with Crippen LogP contribution in [0.25, 0.3) is 0 Å². The summed E-state index contributed by atoms with van der Waals surface area (Å²) in [5.41, 5.74) is 3.95. The van der Waals surface area contributed by atoms with Gasteiger partial charge in [0.1, 0.15) is 6.61 Å². The monoisotopic (exact) mass is 257 g/mol. The van der Waals surface area contributed by atoms with Crippen LogP contribution in [0.5, 0.6) is 5.88 Å². The van der Waals surface area contributed by atoms with Crippen molar-refractivity contribution in [3.63, 3.8) is 0 Å². The fraction of sp³-hybridized carbons (Fsp3) is 0.312. The Morgan fingerprint density at radius 2 is 1.89 bits per heavy atom. The minimum Gasteiger partial charge on any atom is -0.473 e. The maximum Gasteiger partial charge on any atom is 0.219 e. The molecule has 100 valence electrons. The highest BCUT2D eigenvalue weighted by Crippen LogP contribution is 2.21. The molecule has 0 bridgehead atoms. The minimum atomic E-state index is -0.0512. The number of rotatable bonds is 5. The summed E-state index contributed by atoms with van der Waals surface area (Å²) in [6.07, 6.45) is 0.908. The quantitative estimate of drug-likeness (QED) is 0.895. The Hall–Kier alpha value is -1.87. The topological polar surface area (TPSA) is 42.4 Å². The number of aromatic nitrogens is 1. The van der Waals surface area contributed by atoms with Gasteiger partial charge in [-0.1, -0.05) is 37.3 Å². The van der Waals surface area contributed by atoms with Gasteiger partial charge in [-0.2, -0.15) is 0 Å². The highest BCUT2D eigenvalue weighted by molar-refractivity contribution is 5.34. The predicted molar refractivity (Wildman–Crippen MR) is 75.0 cm³/mol. The zero-order valence-electron chi connectivity index (χ0n) is 11.4. The van der Waals surface area contributed by atoms with Crippen LogP contribution in [0.2, 0.25) is 0 Å². The van der Waals surface area contributed by atoms with E-state index in [1.807, 2.05) is 43.3 Å². The van der Waals surface area contributed by atoms with E-state index in [4.69, 9.17) is 4.74 Å². The summed E-state index contributed by atoms with van der Waals surface area (Å²) >= 11 is 0. The molecule has 0 amide bonds. The number of aliphatic hydroxyl groups excluding tert-OH is 1. The third kappa shape index (κ3) is 3.32. The molecular formula is C16H19NO2. The lowest BCUT2D eigenvalue weighted by molar-refractivity contribution is 0.252. The van der Waals surface area contributed by atoms with Crippen LogP contribution in [0.3, 0.4) is 0 Å². The summed E-state index contributed by atoms with van der Waals surface area (Å²) in [6, 6.07) is 11.9. The lowest BCUT2D eigenvalue weighted by Crippen LogP contribution is -2.04. The number of pyridine rings is 1. The number of ether oxygens (including phenoxy) is 1. The second-order valence-corrected chi connectivity index (χ2v) is 4.48. The van der Waals surface area contributed by atoms with Crippen LogP contribution < -0.4 is 4.74 Å². The minimum absolute atomic E-state index is 0.0512. The molecule has 1 aromatic heterocycles. The molecule has 0 aliphatic rings. The van der Waals surface area contributed by atoms with Gasteiger partial charge in [0, 0.05) is 11.3 Å². The van der Waals surface area contributed by atoms with Gasteiger partial charge >= 0.3 is 0 Å². The van der Waals surface area contributed by atoms with Crippen molar-refractivity contribution in [3.05, 3.63) is 58.8 Å². The Bertz CT molecular complexity index is 538. The summed E-state index contributed by atoms with van der Waals surface area (Å²) in [5.74, 6) is 0.529. The molecule has 2 aromatic rings. The molecular weight excluding hydrogens is 238 g/mol. The molecule has 3 nitrogen and oxygen atoms in total. The first kappa shape index (κ1) is 13.6. The Balaban J connectivity index is 2.18. The smallest absolute Gasteiger partial charge is 0.219 e. The van der Waals surface area contributed by atoms with Crippen LogP contribution in [0.4, 0.5) is 0 Å². The van der Waals surface area contributed by atoms with Gasteiger partial charge in [0.15, 0.2) is 0 Å². The summed E-state index contributed by atoms with van der Waals surface area (Å²) in [6.45, 7) is 4.46. The largest absolute Gasteiger partial charge is 0.473 e. The van der Waals surface area contributed by atoms with Crippen molar-refractivity contribution < 1.29 is 9.84 Å². The zero-order chi connectivity index (χ0) is 13.7. The van der Waals surface area contributed by atoms with E-state index in [2.05, 4.69) is 11.9 Å². The first-order chi connectivity index (χ1) is 9.24. The van der Waals surface area contributed by atoms with Gasteiger partial charge in [0.2, 0.25) is 5.88 Å². The summed E-state index contributed by atoms with van der Waals surface area (Å²) < 4.78 is 5.72. The van der Waals surface area contributed by atoms with Crippen LogP contribution in [-0.4, -0.2) is 10.1 Å².